The molecule has 3 rings (SSSR count). The lowest BCUT2D eigenvalue weighted by molar-refractivity contribution is -0.122. The lowest BCUT2D eigenvalue weighted by atomic mass is 10.1. The average Bonchev–Trinajstić information content (AvgIpc) is 2.78. The van der Waals surface area contributed by atoms with E-state index in [9.17, 15) is 9.59 Å². The number of carbonyl (C=O) groups excluding carboxylic acids is 2. The van der Waals surface area contributed by atoms with Crippen molar-refractivity contribution >= 4 is 34.8 Å². The van der Waals surface area contributed by atoms with E-state index in [1.807, 2.05) is 19.9 Å². The molecule has 166 valence electrons. The molecule has 32 heavy (non-hydrogen) atoms. The van der Waals surface area contributed by atoms with Gasteiger partial charge < -0.3 is 20.1 Å². The highest BCUT2D eigenvalue weighted by Crippen LogP contribution is 2.24. The van der Waals surface area contributed by atoms with Crippen molar-refractivity contribution in [3.63, 3.8) is 0 Å². The summed E-state index contributed by atoms with van der Waals surface area (Å²) in [5.74, 6) is 0.330. The Balaban J connectivity index is 1.67. The first-order valence-corrected chi connectivity index (χ1v) is 10.6. The molecule has 7 heteroatoms. The number of hydrogen-bond acceptors (Lipinski definition) is 4. The fraction of sp³-hybridized carbons (Fsp3) is 0.200. The molecular formula is C25H25ClN2O4. The normalized spacial score (nSPS) is 11.4. The Morgan fingerprint density at radius 2 is 1.66 bits per heavy atom. The van der Waals surface area contributed by atoms with Crippen LogP contribution < -0.4 is 20.1 Å². The maximum Gasteiger partial charge on any atom is 0.265 e. The van der Waals surface area contributed by atoms with Crippen molar-refractivity contribution in [2.45, 2.75) is 26.9 Å². The zero-order valence-corrected chi connectivity index (χ0v) is 18.9. The fourth-order valence-corrected chi connectivity index (χ4v) is 3.10. The van der Waals surface area contributed by atoms with Crippen LogP contribution in [-0.4, -0.2) is 24.5 Å². The summed E-state index contributed by atoms with van der Waals surface area (Å²) in [5, 5.41) is 6.17. The molecule has 0 heterocycles. The molecule has 1 atom stereocenters. The number of benzene rings is 3. The number of aryl methyl sites for hydroxylation is 1. The molecule has 0 fully saturated rings. The van der Waals surface area contributed by atoms with Gasteiger partial charge in [-0.2, -0.15) is 0 Å². The van der Waals surface area contributed by atoms with Crippen molar-refractivity contribution in [3.05, 3.63) is 82.9 Å². The lowest BCUT2D eigenvalue weighted by Crippen LogP contribution is -2.30. The van der Waals surface area contributed by atoms with Gasteiger partial charge in [0.15, 0.2) is 6.10 Å². The van der Waals surface area contributed by atoms with Gasteiger partial charge in [-0.3, -0.25) is 9.59 Å². The van der Waals surface area contributed by atoms with Crippen LogP contribution in [-0.2, 0) is 4.79 Å². The number of nitrogens with one attached hydrogen (secondary N) is 2. The van der Waals surface area contributed by atoms with Crippen molar-refractivity contribution in [2.75, 3.05) is 17.2 Å². The topological polar surface area (TPSA) is 76.7 Å². The third-order valence-corrected chi connectivity index (χ3v) is 5.07. The monoisotopic (exact) mass is 452 g/mol. The summed E-state index contributed by atoms with van der Waals surface area (Å²) >= 11 is 6.14. The first-order valence-electron chi connectivity index (χ1n) is 10.2. The summed E-state index contributed by atoms with van der Waals surface area (Å²) in [7, 11) is 0. The van der Waals surface area contributed by atoms with E-state index < -0.39 is 6.10 Å². The van der Waals surface area contributed by atoms with Gasteiger partial charge in [-0.15, -0.1) is 0 Å². The minimum Gasteiger partial charge on any atom is -0.494 e. The summed E-state index contributed by atoms with van der Waals surface area (Å²) in [4.78, 5) is 25.4. The van der Waals surface area contributed by atoms with Crippen LogP contribution in [0, 0.1) is 6.92 Å². The number of ether oxygens (including phenoxy) is 2. The molecule has 3 aromatic rings. The van der Waals surface area contributed by atoms with Crippen molar-refractivity contribution in [1.29, 1.82) is 0 Å². The molecule has 0 aliphatic carbocycles. The molecule has 0 saturated carbocycles. The Morgan fingerprint density at radius 1 is 0.969 bits per heavy atom. The van der Waals surface area contributed by atoms with Gasteiger partial charge in [-0.05, 0) is 74.9 Å². The zero-order chi connectivity index (χ0) is 23.1. The van der Waals surface area contributed by atoms with Gasteiger partial charge >= 0.3 is 0 Å². The molecule has 2 N–H and O–H groups in total. The van der Waals surface area contributed by atoms with Crippen LogP contribution in [0.5, 0.6) is 11.5 Å². The van der Waals surface area contributed by atoms with Crippen molar-refractivity contribution in [1.82, 2.24) is 0 Å². The summed E-state index contributed by atoms with van der Waals surface area (Å²) < 4.78 is 11.2. The van der Waals surface area contributed by atoms with Crippen LogP contribution in [0.1, 0.15) is 29.8 Å². The predicted molar refractivity (Wildman–Crippen MR) is 127 cm³/mol. The molecule has 0 aliphatic heterocycles. The minimum atomic E-state index is -0.829. The van der Waals surface area contributed by atoms with Crippen molar-refractivity contribution < 1.29 is 19.1 Å². The molecule has 2 amide bonds. The van der Waals surface area contributed by atoms with E-state index in [4.69, 9.17) is 21.1 Å². The molecule has 3 aromatic carbocycles. The van der Waals surface area contributed by atoms with E-state index in [1.54, 1.807) is 67.6 Å². The van der Waals surface area contributed by atoms with Crippen LogP contribution in [0.2, 0.25) is 5.02 Å². The van der Waals surface area contributed by atoms with E-state index in [0.29, 0.717) is 34.3 Å². The highest BCUT2D eigenvalue weighted by Gasteiger charge is 2.19. The van der Waals surface area contributed by atoms with Gasteiger partial charge in [0.1, 0.15) is 11.5 Å². The first-order chi connectivity index (χ1) is 15.4. The van der Waals surface area contributed by atoms with E-state index in [-0.39, 0.29) is 11.8 Å². The van der Waals surface area contributed by atoms with Gasteiger partial charge in [-0.25, -0.2) is 0 Å². The smallest absolute Gasteiger partial charge is 0.265 e. The number of hydrogen-bond donors (Lipinski definition) is 2. The third-order valence-electron chi connectivity index (χ3n) is 4.67. The largest absolute Gasteiger partial charge is 0.494 e. The summed E-state index contributed by atoms with van der Waals surface area (Å²) in [6.07, 6.45) is -0.829. The maximum absolute atomic E-state index is 12.8. The Kier molecular flexibility index (Phi) is 7.73. The molecule has 0 spiro atoms. The van der Waals surface area contributed by atoms with E-state index in [2.05, 4.69) is 10.6 Å². The Hall–Kier alpha value is -3.51. The van der Waals surface area contributed by atoms with Crippen LogP contribution >= 0.6 is 11.6 Å². The SMILES string of the molecule is CCOc1ccc(NC(=O)[C@H](C)Oc2ccccc2C(=O)Nc2ccc(C)c(Cl)c2)cc1. The molecular weight excluding hydrogens is 428 g/mol. The maximum atomic E-state index is 12.8. The summed E-state index contributed by atoms with van der Waals surface area (Å²) in [5.41, 5.74) is 2.42. The fourth-order valence-electron chi connectivity index (χ4n) is 2.92. The van der Waals surface area contributed by atoms with Crippen LogP contribution in [0.25, 0.3) is 0 Å². The van der Waals surface area contributed by atoms with E-state index >= 15 is 0 Å². The lowest BCUT2D eigenvalue weighted by Gasteiger charge is -2.17. The Bertz CT molecular complexity index is 1100. The van der Waals surface area contributed by atoms with Crippen molar-refractivity contribution in [2.24, 2.45) is 0 Å². The quantitative estimate of drug-likeness (QED) is 0.459. The average molecular weight is 453 g/mol. The molecule has 0 saturated heterocycles. The second-order valence-corrected chi connectivity index (χ2v) is 7.53. The van der Waals surface area contributed by atoms with E-state index in [0.717, 1.165) is 11.3 Å². The molecule has 0 radical (unpaired) electrons. The van der Waals surface area contributed by atoms with E-state index in [1.165, 1.54) is 0 Å². The molecule has 6 nitrogen and oxygen atoms in total. The first kappa shape index (κ1) is 23.2. The molecule has 0 unspecified atom stereocenters. The van der Waals surface area contributed by atoms with Crippen LogP contribution in [0.3, 0.4) is 0 Å². The van der Waals surface area contributed by atoms with Crippen LogP contribution in [0.4, 0.5) is 11.4 Å². The van der Waals surface area contributed by atoms with Gasteiger partial charge in [0.05, 0.1) is 12.2 Å². The number of anilines is 2. The van der Waals surface area contributed by atoms with Crippen molar-refractivity contribution in [3.8, 4) is 11.5 Å². The molecule has 0 bridgehead atoms. The highest BCUT2D eigenvalue weighted by atomic mass is 35.5. The summed E-state index contributed by atoms with van der Waals surface area (Å²) in [6.45, 7) is 5.98. The number of halogens is 1. The van der Waals surface area contributed by atoms with Crippen LogP contribution in [0.15, 0.2) is 66.7 Å². The zero-order valence-electron chi connectivity index (χ0n) is 18.1. The second-order valence-electron chi connectivity index (χ2n) is 7.12. The number of rotatable bonds is 8. The highest BCUT2D eigenvalue weighted by molar-refractivity contribution is 6.31. The number of para-hydroxylation sites is 1. The second kappa shape index (κ2) is 10.7. The third kappa shape index (κ3) is 6.02. The Morgan fingerprint density at radius 3 is 2.34 bits per heavy atom. The minimum absolute atomic E-state index is 0.303. The molecule has 0 aliphatic rings. The van der Waals surface area contributed by atoms with Gasteiger partial charge in [0.25, 0.3) is 11.8 Å². The number of amides is 2. The molecule has 0 aromatic heterocycles. The predicted octanol–water partition coefficient (Wildman–Crippen LogP) is 5.71. The van der Waals surface area contributed by atoms with Gasteiger partial charge in [0, 0.05) is 16.4 Å². The number of carbonyl (C=O) groups is 2. The van der Waals surface area contributed by atoms with Gasteiger partial charge in [-0.1, -0.05) is 29.8 Å². The Labute approximate surface area is 192 Å². The standard InChI is InChI=1S/C25H25ClN2O4/c1-4-31-20-13-11-18(12-14-20)27-24(29)17(3)32-23-8-6-5-7-21(23)25(30)28-19-10-9-16(2)22(26)15-19/h5-15,17H,4H2,1-3H3,(H,27,29)(H,28,30)/t17-/m0/s1. The van der Waals surface area contributed by atoms with Gasteiger partial charge in [0.2, 0.25) is 0 Å². The summed E-state index contributed by atoms with van der Waals surface area (Å²) in [6, 6.07) is 19.1.